The lowest BCUT2D eigenvalue weighted by atomic mass is 10.0. The molecular formula is C20H34O. The Hall–Kier alpha value is -1.08. The summed E-state index contributed by atoms with van der Waals surface area (Å²) >= 11 is 0. The van der Waals surface area contributed by atoms with E-state index < -0.39 is 6.58 Å². The van der Waals surface area contributed by atoms with Crippen molar-refractivity contribution in [2.24, 2.45) is 0 Å². The van der Waals surface area contributed by atoms with E-state index in [1.165, 1.54) is 16.7 Å². The van der Waals surface area contributed by atoms with E-state index in [0.29, 0.717) is 0 Å². The molecule has 0 amide bonds. The first-order valence-electron chi connectivity index (χ1n) is 8.61. The van der Waals surface area contributed by atoms with Crippen molar-refractivity contribution in [2.45, 2.75) is 73.1 Å². The van der Waals surface area contributed by atoms with Gasteiger partial charge >= 0.3 is 0 Å². The fourth-order valence-corrected chi connectivity index (χ4v) is 2.10. The largest absolute Gasteiger partial charge is 0.392 e. The second-order valence-electron chi connectivity index (χ2n) is 6.16. The van der Waals surface area contributed by atoms with E-state index in [4.69, 9.17) is 6.48 Å². The third-order valence-electron chi connectivity index (χ3n) is 3.51. The predicted octanol–water partition coefficient (Wildman–Crippen LogP) is 6.12. The molecule has 1 atom stereocenters. The second-order valence-corrected chi connectivity index (χ2v) is 6.16. The van der Waals surface area contributed by atoms with Gasteiger partial charge in [0.15, 0.2) is 0 Å². The molecule has 0 saturated carbocycles. The summed E-state index contributed by atoms with van der Waals surface area (Å²) in [6, 6.07) is 0. The van der Waals surface area contributed by atoms with Gasteiger partial charge in [0.05, 0.1) is 7.95 Å². The van der Waals surface area contributed by atoms with Crippen LogP contribution in [0.4, 0.5) is 0 Å². The first-order chi connectivity index (χ1) is 10.3. The third-order valence-corrected chi connectivity index (χ3v) is 3.51. The minimum Gasteiger partial charge on any atom is -0.392 e. The number of allylic oxidation sites excluding steroid dienone is 7. The van der Waals surface area contributed by atoms with E-state index in [1.807, 2.05) is 6.92 Å². The van der Waals surface area contributed by atoms with E-state index in [-0.39, 0.29) is 0 Å². The van der Waals surface area contributed by atoms with Gasteiger partial charge in [-0.25, -0.2) is 0 Å². The predicted molar refractivity (Wildman–Crippen MR) is 95.5 cm³/mol. The standard InChI is InChI=1S/C20H34O/c1-17(2)9-6-10-18(3)11-7-12-19(4)13-8-14-20(5)15-16-21/h9,11,13,15,21H,6-8,10,12,14,16H2,1-5H3/b18-11+,19-13+,20-15+/i16D/t16-/m1/s1. The molecule has 0 aromatic carbocycles. The topological polar surface area (TPSA) is 20.2 Å². The molecule has 21 heavy (non-hydrogen) atoms. The summed E-state index contributed by atoms with van der Waals surface area (Å²) in [4.78, 5) is 0. The third kappa shape index (κ3) is 13.7. The molecule has 1 N–H and O–H groups in total. The zero-order chi connectivity index (χ0) is 17.0. The van der Waals surface area contributed by atoms with Crippen molar-refractivity contribution >= 4 is 0 Å². The molecule has 0 aliphatic heterocycles. The normalized spacial score (nSPS) is 15.7. The molecular weight excluding hydrogens is 256 g/mol. The first kappa shape index (κ1) is 18.0. The quantitative estimate of drug-likeness (QED) is 0.480. The Labute approximate surface area is 133 Å². The summed E-state index contributed by atoms with van der Waals surface area (Å²) in [6.07, 6.45) is 15.0. The maximum Gasteiger partial charge on any atom is 0.0614 e. The highest BCUT2D eigenvalue weighted by Gasteiger charge is 1.93. The van der Waals surface area contributed by atoms with Gasteiger partial charge in [0.1, 0.15) is 0 Å². The van der Waals surface area contributed by atoms with Gasteiger partial charge in [-0.15, -0.1) is 0 Å². The Morgan fingerprint density at radius 3 is 1.48 bits per heavy atom. The van der Waals surface area contributed by atoms with Crippen molar-refractivity contribution in [3.8, 4) is 0 Å². The highest BCUT2D eigenvalue weighted by Crippen LogP contribution is 2.13. The van der Waals surface area contributed by atoms with Crippen LogP contribution < -0.4 is 0 Å². The zero-order valence-electron chi connectivity index (χ0n) is 15.6. The van der Waals surface area contributed by atoms with Gasteiger partial charge in [0.25, 0.3) is 0 Å². The Morgan fingerprint density at radius 2 is 1.10 bits per heavy atom. The molecule has 0 aromatic heterocycles. The summed E-state index contributed by atoms with van der Waals surface area (Å²) in [5.74, 6) is 0. The lowest BCUT2D eigenvalue weighted by Gasteiger charge is -2.02. The lowest BCUT2D eigenvalue weighted by Crippen LogP contribution is -1.83. The Bertz CT molecular complexity index is 421. The molecule has 0 aliphatic rings. The van der Waals surface area contributed by atoms with Crippen LogP contribution >= 0.6 is 0 Å². The van der Waals surface area contributed by atoms with Gasteiger partial charge in [0.2, 0.25) is 0 Å². The van der Waals surface area contributed by atoms with Crippen LogP contribution in [0, 0.1) is 0 Å². The smallest absolute Gasteiger partial charge is 0.0614 e. The van der Waals surface area contributed by atoms with Gasteiger partial charge in [0, 0.05) is 0 Å². The van der Waals surface area contributed by atoms with Crippen LogP contribution in [0.25, 0.3) is 0 Å². The molecule has 0 unspecified atom stereocenters. The molecule has 0 aliphatic carbocycles. The van der Waals surface area contributed by atoms with Gasteiger partial charge in [-0.1, -0.05) is 46.6 Å². The zero-order valence-corrected chi connectivity index (χ0v) is 14.6. The number of aliphatic hydroxyl groups is 1. The number of hydrogen-bond donors (Lipinski definition) is 1. The van der Waals surface area contributed by atoms with Crippen LogP contribution in [0.1, 0.15) is 74.5 Å². The van der Waals surface area contributed by atoms with E-state index >= 15 is 0 Å². The first-order valence-corrected chi connectivity index (χ1v) is 8.03. The van der Waals surface area contributed by atoms with E-state index in [2.05, 4.69) is 45.9 Å². The summed E-state index contributed by atoms with van der Waals surface area (Å²) < 4.78 is 7.08. The van der Waals surface area contributed by atoms with Crippen LogP contribution in [0.5, 0.6) is 0 Å². The molecule has 0 saturated heterocycles. The average molecular weight is 291 g/mol. The lowest BCUT2D eigenvalue weighted by molar-refractivity contribution is 0.341. The van der Waals surface area contributed by atoms with Crippen LogP contribution in [-0.4, -0.2) is 11.7 Å². The molecule has 0 aromatic rings. The van der Waals surface area contributed by atoms with Gasteiger partial charge in [-0.2, -0.15) is 0 Å². The fourth-order valence-electron chi connectivity index (χ4n) is 2.10. The molecule has 120 valence electrons. The van der Waals surface area contributed by atoms with Crippen molar-refractivity contribution in [3.05, 3.63) is 46.6 Å². The molecule has 0 radical (unpaired) electrons. The molecule has 0 heterocycles. The molecule has 0 bridgehead atoms. The fraction of sp³-hybridized carbons (Fsp3) is 0.600. The Balaban J connectivity index is 3.99. The summed E-state index contributed by atoms with van der Waals surface area (Å²) in [5, 5.41) is 8.96. The minimum absolute atomic E-state index is 0.921. The number of hydrogen-bond acceptors (Lipinski definition) is 1. The van der Waals surface area contributed by atoms with Gasteiger partial charge < -0.3 is 5.11 Å². The summed E-state index contributed by atoms with van der Waals surface area (Å²) in [5.41, 5.74) is 5.39. The Kier molecular flexibility index (Phi) is 10.8. The van der Waals surface area contributed by atoms with Crippen molar-refractivity contribution in [1.29, 1.82) is 0 Å². The van der Waals surface area contributed by atoms with Crippen LogP contribution in [-0.2, 0) is 0 Å². The van der Waals surface area contributed by atoms with E-state index in [9.17, 15) is 0 Å². The Morgan fingerprint density at radius 1 is 0.714 bits per heavy atom. The average Bonchev–Trinajstić information content (AvgIpc) is 2.37. The van der Waals surface area contributed by atoms with Crippen molar-refractivity contribution in [1.82, 2.24) is 0 Å². The SMILES string of the molecule is [2H][C@@H](O)/C=C(\C)CC/C=C(\C)CC/C=C(\C)CCC=C(C)C. The number of aliphatic hydroxyl groups excluding tert-OH is 1. The van der Waals surface area contributed by atoms with Crippen molar-refractivity contribution < 1.29 is 6.48 Å². The highest BCUT2D eigenvalue weighted by atomic mass is 16.2. The van der Waals surface area contributed by atoms with E-state index in [0.717, 1.165) is 44.1 Å². The second kappa shape index (κ2) is 12.6. The maximum atomic E-state index is 8.96. The van der Waals surface area contributed by atoms with Crippen LogP contribution in [0.15, 0.2) is 46.6 Å². The molecule has 1 nitrogen and oxygen atoms in total. The monoisotopic (exact) mass is 291 g/mol. The highest BCUT2D eigenvalue weighted by molar-refractivity contribution is 5.07. The van der Waals surface area contributed by atoms with Gasteiger partial charge in [-0.3, -0.25) is 0 Å². The summed E-state index contributed by atoms with van der Waals surface area (Å²) in [6.45, 7) is 9.59. The number of rotatable bonds is 10. The molecule has 1 heteroatoms. The van der Waals surface area contributed by atoms with Crippen molar-refractivity contribution in [2.75, 3.05) is 6.58 Å². The minimum atomic E-state index is -1.08. The van der Waals surface area contributed by atoms with Crippen LogP contribution in [0.3, 0.4) is 0 Å². The van der Waals surface area contributed by atoms with Gasteiger partial charge in [-0.05, 0) is 73.1 Å². The van der Waals surface area contributed by atoms with Crippen LogP contribution in [0.2, 0.25) is 0 Å². The maximum absolute atomic E-state index is 8.96. The van der Waals surface area contributed by atoms with E-state index in [1.54, 1.807) is 6.08 Å². The molecule has 0 fully saturated rings. The molecule has 0 spiro atoms. The molecule has 0 rings (SSSR count). The van der Waals surface area contributed by atoms with Crippen molar-refractivity contribution in [3.63, 3.8) is 0 Å². The summed E-state index contributed by atoms with van der Waals surface area (Å²) in [7, 11) is 0.